The Morgan fingerprint density at radius 2 is 1.49 bits per heavy atom. The molecule has 1 saturated carbocycles. The highest BCUT2D eigenvalue weighted by Gasteiger charge is 2.34. The number of fused-ring (bicyclic) bond motifs is 1. The molecule has 3 aromatic carbocycles. The standard InChI is InChI=1S/C33H36N4/c1-7-36(8-2)28-15-13-27(14-16-28)33(6)21-24(4)30(25(5)22-33)20-26-17-23(3)18-29(19-26)37-34-31-11-9-10-12-32(31)35-37/h9-20H,4-5,7-8,21-22H2,1-3,6H3. The Morgan fingerprint density at radius 1 is 0.892 bits per heavy atom. The average Bonchev–Trinajstić information content (AvgIpc) is 3.32. The van der Waals surface area contributed by atoms with Crippen LogP contribution in [0.3, 0.4) is 0 Å². The predicted octanol–water partition coefficient (Wildman–Crippen LogP) is 7.82. The zero-order valence-corrected chi connectivity index (χ0v) is 22.5. The lowest BCUT2D eigenvalue weighted by molar-refractivity contribution is 0.451. The van der Waals surface area contributed by atoms with Gasteiger partial charge in [0.2, 0.25) is 0 Å². The molecule has 4 heteroatoms. The van der Waals surface area contributed by atoms with E-state index in [-0.39, 0.29) is 5.41 Å². The van der Waals surface area contributed by atoms with Gasteiger partial charge in [-0.25, -0.2) is 0 Å². The van der Waals surface area contributed by atoms with Gasteiger partial charge in [-0.15, -0.1) is 10.2 Å². The van der Waals surface area contributed by atoms with Crippen molar-refractivity contribution in [1.82, 2.24) is 15.0 Å². The van der Waals surface area contributed by atoms with Gasteiger partial charge in [-0.3, -0.25) is 0 Å². The van der Waals surface area contributed by atoms with Crippen molar-refractivity contribution in [2.75, 3.05) is 18.0 Å². The van der Waals surface area contributed by atoms with E-state index in [4.69, 9.17) is 0 Å². The maximum Gasteiger partial charge on any atom is 0.113 e. The van der Waals surface area contributed by atoms with Crippen LogP contribution in [0.25, 0.3) is 22.8 Å². The smallest absolute Gasteiger partial charge is 0.113 e. The second kappa shape index (κ2) is 9.85. The van der Waals surface area contributed by atoms with E-state index in [9.17, 15) is 0 Å². The number of allylic oxidation sites excluding steroid dienone is 3. The molecule has 0 bridgehead atoms. The molecule has 4 nitrogen and oxygen atoms in total. The first kappa shape index (κ1) is 24.8. The van der Waals surface area contributed by atoms with Gasteiger partial charge in [-0.2, -0.15) is 4.80 Å². The van der Waals surface area contributed by atoms with E-state index in [2.05, 4.69) is 104 Å². The minimum absolute atomic E-state index is 0.00977. The van der Waals surface area contributed by atoms with E-state index in [0.29, 0.717) is 0 Å². The van der Waals surface area contributed by atoms with Crippen LogP contribution in [0.15, 0.2) is 96.6 Å². The maximum atomic E-state index is 4.67. The number of aryl methyl sites for hydroxylation is 1. The minimum atomic E-state index is -0.00977. The summed E-state index contributed by atoms with van der Waals surface area (Å²) < 4.78 is 0. The predicted molar refractivity (Wildman–Crippen MR) is 156 cm³/mol. The Labute approximate surface area is 220 Å². The fraction of sp³-hybridized carbons (Fsp3) is 0.273. The lowest BCUT2D eigenvalue weighted by atomic mass is 9.66. The van der Waals surface area contributed by atoms with Crippen molar-refractivity contribution < 1.29 is 0 Å². The van der Waals surface area contributed by atoms with Gasteiger partial charge >= 0.3 is 0 Å². The van der Waals surface area contributed by atoms with Crippen molar-refractivity contribution in [2.24, 2.45) is 0 Å². The molecule has 37 heavy (non-hydrogen) atoms. The van der Waals surface area contributed by atoms with Crippen molar-refractivity contribution in [2.45, 2.75) is 46.0 Å². The first-order valence-corrected chi connectivity index (χ1v) is 13.2. The second-order valence-corrected chi connectivity index (χ2v) is 10.5. The van der Waals surface area contributed by atoms with E-state index in [1.807, 2.05) is 24.3 Å². The van der Waals surface area contributed by atoms with Crippen molar-refractivity contribution >= 4 is 22.8 Å². The SMILES string of the molecule is C=C1CC(C)(c2ccc(N(CC)CC)cc2)CC(=C)C1=Cc1cc(C)cc(-n2nc3ccccc3n2)c1. The van der Waals surface area contributed by atoms with Crippen LogP contribution in [0.1, 0.15) is 50.3 Å². The molecule has 0 aliphatic heterocycles. The number of aromatic nitrogens is 3. The highest BCUT2D eigenvalue weighted by molar-refractivity contribution is 5.74. The van der Waals surface area contributed by atoms with Gasteiger partial charge in [-0.05, 0) is 109 Å². The first-order chi connectivity index (χ1) is 17.8. The molecule has 0 N–H and O–H groups in total. The Bertz CT molecular complexity index is 1450. The monoisotopic (exact) mass is 488 g/mol. The summed E-state index contributed by atoms with van der Waals surface area (Å²) in [5, 5.41) is 9.34. The lowest BCUT2D eigenvalue weighted by Crippen LogP contribution is -2.28. The summed E-state index contributed by atoms with van der Waals surface area (Å²) in [6, 6.07) is 23.5. The van der Waals surface area contributed by atoms with Crippen LogP contribution in [0.2, 0.25) is 0 Å². The molecule has 1 aliphatic rings. The second-order valence-electron chi connectivity index (χ2n) is 10.5. The third-order valence-electron chi connectivity index (χ3n) is 7.57. The van der Waals surface area contributed by atoms with Crippen molar-refractivity contribution in [1.29, 1.82) is 0 Å². The zero-order chi connectivity index (χ0) is 26.2. The van der Waals surface area contributed by atoms with Gasteiger partial charge < -0.3 is 4.90 Å². The summed E-state index contributed by atoms with van der Waals surface area (Å²) in [5.74, 6) is 0. The fourth-order valence-corrected chi connectivity index (χ4v) is 5.65. The number of hydrogen-bond donors (Lipinski definition) is 0. The topological polar surface area (TPSA) is 34.0 Å². The van der Waals surface area contributed by atoms with E-state index < -0.39 is 0 Å². The fourth-order valence-electron chi connectivity index (χ4n) is 5.65. The number of nitrogens with zero attached hydrogens (tertiary/aromatic N) is 4. The average molecular weight is 489 g/mol. The minimum Gasteiger partial charge on any atom is -0.372 e. The van der Waals surface area contributed by atoms with Gasteiger partial charge in [-0.1, -0.05) is 50.4 Å². The Hall–Kier alpha value is -3.92. The molecular weight excluding hydrogens is 452 g/mol. The number of anilines is 1. The Kier molecular flexibility index (Phi) is 6.59. The van der Waals surface area contributed by atoms with Crippen LogP contribution in [0.5, 0.6) is 0 Å². The molecule has 0 amide bonds. The van der Waals surface area contributed by atoms with Crippen LogP contribution in [-0.4, -0.2) is 28.1 Å². The molecule has 188 valence electrons. The third kappa shape index (κ3) is 4.89. The van der Waals surface area contributed by atoms with Crippen molar-refractivity contribution in [3.8, 4) is 5.69 Å². The molecule has 5 rings (SSSR count). The zero-order valence-electron chi connectivity index (χ0n) is 22.5. The summed E-state index contributed by atoms with van der Waals surface area (Å²) in [7, 11) is 0. The van der Waals surface area contributed by atoms with Gasteiger partial charge in [0.15, 0.2) is 0 Å². The van der Waals surface area contributed by atoms with Crippen LogP contribution in [0, 0.1) is 6.92 Å². The van der Waals surface area contributed by atoms with Crippen LogP contribution in [-0.2, 0) is 5.41 Å². The molecule has 0 atom stereocenters. The lowest BCUT2D eigenvalue weighted by Gasteiger charge is -2.38. The normalized spacial score (nSPS) is 17.9. The van der Waals surface area contributed by atoms with Crippen LogP contribution in [0.4, 0.5) is 5.69 Å². The molecular formula is C33H36N4. The maximum absolute atomic E-state index is 4.67. The quantitative estimate of drug-likeness (QED) is 0.277. The summed E-state index contributed by atoms with van der Waals surface area (Å²) in [4.78, 5) is 4.10. The molecule has 0 unspecified atom stereocenters. The number of benzene rings is 3. The molecule has 1 fully saturated rings. The summed E-state index contributed by atoms with van der Waals surface area (Å²) in [6.07, 6.45) is 4.05. The van der Waals surface area contributed by atoms with E-state index in [1.165, 1.54) is 11.3 Å². The summed E-state index contributed by atoms with van der Waals surface area (Å²) >= 11 is 0. The molecule has 1 aliphatic carbocycles. The first-order valence-electron chi connectivity index (χ1n) is 13.2. The molecule has 0 radical (unpaired) electrons. The van der Waals surface area contributed by atoms with Crippen molar-refractivity contribution in [3.63, 3.8) is 0 Å². The molecule has 1 aromatic heterocycles. The van der Waals surface area contributed by atoms with E-state index in [1.54, 1.807) is 4.80 Å². The molecule has 0 spiro atoms. The van der Waals surface area contributed by atoms with Gasteiger partial charge in [0.25, 0.3) is 0 Å². The third-order valence-corrected chi connectivity index (χ3v) is 7.57. The summed E-state index contributed by atoms with van der Waals surface area (Å²) in [5.41, 5.74) is 11.1. The molecule has 4 aromatic rings. The van der Waals surface area contributed by atoms with Crippen molar-refractivity contribution in [3.05, 3.63) is 113 Å². The van der Waals surface area contributed by atoms with E-state index >= 15 is 0 Å². The number of rotatable bonds is 6. The van der Waals surface area contributed by atoms with Gasteiger partial charge in [0.1, 0.15) is 11.0 Å². The Balaban J connectivity index is 1.41. The summed E-state index contributed by atoms with van der Waals surface area (Å²) in [6.45, 7) is 19.9. The highest BCUT2D eigenvalue weighted by atomic mass is 15.5. The van der Waals surface area contributed by atoms with E-state index in [0.717, 1.165) is 70.5 Å². The molecule has 1 heterocycles. The molecule has 0 saturated heterocycles. The highest BCUT2D eigenvalue weighted by Crippen LogP contribution is 2.46. The van der Waals surface area contributed by atoms with Gasteiger partial charge in [0.05, 0.1) is 5.69 Å². The largest absolute Gasteiger partial charge is 0.372 e. The van der Waals surface area contributed by atoms with Crippen LogP contribution < -0.4 is 4.90 Å². The number of hydrogen-bond acceptors (Lipinski definition) is 3. The Morgan fingerprint density at radius 3 is 2.05 bits per heavy atom. The van der Waals surface area contributed by atoms with Gasteiger partial charge in [0, 0.05) is 24.2 Å². The van der Waals surface area contributed by atoms with Crippen LogP contribution >= 0.6 is 0 Å².